The highest BCUT2D eigenvalue weighted by Gasteiger charge is 2.13. The van der Waals surface area contributed by atoms with E-state index in [0.29, 0.717) is 5.06 Å². The molecule has 0 radical (unpaired) electrons. The first-order valence-corrected chi connectivity index (χ1v) is 4.97. The predicted molar refractivity (Wildman–Crippen MR) is 56.0 cm³/mol. The van der Waals surface area contributed by atoms with E-state index in [1.165, 1.54) is 11.3 Å². The Kier molecular flexibility index (Phi) is 2.31. The van der Waals surface area contributed by atoms with Crippen molar-refractivity contribution in [1.29, 1.82) is 0 Å². The highest BCUT2D eigenvalue weighted by Crippen LogP contribution is 2.41. The number of rotatable bonds is 2. The lowest BCUT2D eigenvalue weighted by Crippen LogP contribution is -1.86. The molecular weight excluding hydrogens is 200 g/mol. The molecule has 0 fully saturated rings. The van der Waals surface area contributed by atoms with Crippen molar-refractivity contribution in [1.82, 2.24) is 0 Å². The lowest BCUT2D eigenvalue weighted by Gasteiger charge is -1.97. The van der Waals surface area contributed by atoms with Crippen molar-refractivity contribution in [2.45, 2.75) is 6.61 Å². The third-order valence-corrected chi connectivity index (χ3v) is 3.34. The minimum absolute atomic E-state index is 0.0768. The van der Waals surface area contributed by atoms with Gasteiger partial charge in [0.05, 0.1) is 18.4 Å². The van der Waals surface area contributed by atoms with Crippen LogP contribution in [0.3, 0.4) is 0 Å². The van der Waals surface area contributed by atoms with Gasteiger partial charge in [-0.3, -0.25) is 0 Å². The summed E-state index contributed by atoms with van der Waals surface area (Å²) in [5.74, 6) is 0.227. The Bertz CT molecular complexity index is 462. The van der Waals surface area contributed by atoms with Gasteiger partial charge in [0.25, 0.3) is 0 Å². The third-order valence-electron chi connectivity index (χ3n) is 2.10. The van der Waals surface area contributed by atoms with Crippen LogP contribution < -0.4 is 4.74 Å². The van der Waals surface area contributed by atoms with E-state index in [1.807, 2.05) is 6.07 Å². The number of ether oxygens (including phenoxy) is 1. The number of hydrogen-bond acceptors (Lipinski definition) is 4. The van der Waals surface area contributed by atoms with Gasteiger partial charge in [-0.05, 0) is 6.07 Å². The summed E-state index contributed by atoms with van der Waals surface area (Å²) in [5.41, 5.74) is 0.739. The molecule has 1 aromatic carbocycles. The zero-order chi connectivity index (χ0) is 10.1. The SMILES string of the molecule is COc1sc2c(O)cccc2c1CO. The molecular formula is C10H10O3S. The Hall–Kier alpha value is -1.26. The van der Waals surface area contributed by atoms with Crippen LogP contribution in [-0.4, -0.2) is 17.3 Å². The molecule has 0 atom stereocenters. The summed E-state index contributed by atoms with van der Waals surface area (Å²) in [6, 6.07) is 5.24. The summed E-state index contributed by atoms with van der Waals surface area (Å²) in [5, 5.41) is 20.3. The molecule has 1 aromatic heterocycles. The van der Waals surface area contributed by atoms with E-state index in [9.17, 15) is 10.2 Å². The summed E-state index contributed by atoms with van der Waals surface area (Å²) in [7, 11) is 1.56. The van der Waals surface area contributed by atoms with Crippen LogP contribution in [0.5, 0.6) is 10.8 Å². The molecule has 2 aromatic rings. The Balaban J connectivity index is 2.79. The summed E-state index contributed by atoms with van der Waals surface area (Å²) >= 11 is 1.34. The van der Waals surface area contributed by atoms with Crippen LogP contribution in [0, 0.1) is 0 Å². The quantitative estimate of drug-likeness (QED) is 0.798. The van der Waals surface area contributed by atoms with Crippen molar-refractivity contribution in [2.75, 3.05) is 7.11 Å². The first-order chi connectivity index (χ1) is 6.77. The van der Waals surface area contributed by atoms with E-state index in [0.717, 1.165) is 15.6 Å². The molecule has 0 unspecified atom stereocenters. The van der Waals surface area contributed by atoms with E-state index in [-0.39, 0.29) is 12.4 Å². The standard InChI is InChI=1S/C10H10O3S/c1-13-10-7(5-11)6-3-2-4-8(12)9(6)14-10/h2-4,11-12H,5H2,1H3. The summed E-state index contributed by atoms with van der Waals surface area (Å²) in [4.78, 5) is 0. The van der Waals surface area contributed by atoms with Crippen molar-refractivity contribution in [3.05, 3.63) is 23.8 Å². The van der Waals surface area contributed by atoms with E-state index in [4.69, 9.17) is 4.74 Å². The van der Waals surface area contributed by atoms with Gasteiger partial charge in [-0.15, -0.1) is 0 Å². The second-order valence-corrected chi connectivity index (χ2v) is 3.87. The van der Waals surface area contributed by atoms with Crippen LogP contribution in [0.15, 0.2) is 18.2 Å². The zero-order valence-electron chi connectivity index (χ0n) is 7.65. The fourth-order valence-corrected chi connectivity index (χ4v) is 2.49. The maximum absolute atomic E-state index is 9.57. The fourth-order valence-electron chi connectivity index (χ4n) is 1.45. The van der Waals surface area contributed by atoms with Gasteiger partial charge in [-0.25, -0.2) is 0 Å². The number of aliphatic hydroxyl groups excluding tert-OH is 1. The Morgan fingerprint density at radius 3 is 2.86 bits per heavy atom. The number of benzene rings is 1. The molecule has 0 amide bonds. The van der Waals surface area contributed by atoms with Crippen molar-refractivity contribution in [3.8, 4) is 10.8 Å². The summed E-state index contributed by atoms with van der Waals surface area (Å²) < 4.78 is 5.88. The second-order valence-electron chi connectivity index (χ2n) is 2.88. The molecule has 0 aliphatic carbocycles. The average molecular weight is 210 g/mol. The molecule has 2 rings (SSSR count). The van der Waals surface area contributed by atoms with Gasteiger partial charge in [0.1, 0.15) is 5.75 Å². The molecule has 0 aliphatic rings. The highest BCUT2D eigenvalue weighted by atomic mass is 32.1. The molecule has 0 aliphatic heterocycles. The molecule has 74 valence electrons. The van der Waals surface area contributed by atoms with Crippen molar-refractivity contribution in [3.63, 3.8) is 0 Å². The molecule has 0 spiro atoms. The van der Waals surface area contributed by atoms with Crippen molar-refractivity contribution >= 4 is 21.4 Å². The number of thiophene rings is 1. The molecule has 3 nitrogen and oxygen atoms in total. The van der Waals surface area contributed by atoms with Crippen LogP contribution in [0.4, 0.5) is 0 Å². The van der Waals surface area contributed by atoms with Crippen molar-refractivity contribution < 1.29 is 14.9 Å². The van der Waals surface area contributed by atoms with Gasteiger partial charge in [0, 0.05) is 10.9 Å². The number of phenolic OH excluding ortho intramolecular Hbond substituents is 1. The van der Waals surface area contributed by atoms with E-state index in [2.05, 4.69) is 0 Å². The van der Waals surface area contributed by atoms with Gasteiger partial charge in [-0.1, -0.05) is 23.5 Å². The maximum Gasteiger partial charge on any atom is 0.180 e. The van der Waals surface area contributed by atoms with Gasteiger partial charge < -0.3 is 14.9 Å². The van der Waals surface area contributed by atoms with E-state index in [1.54, 1.807) is 19.2 Å². The summed E-state index contributed by atoms with van der Waals surface area (Å²) in [6.45, 7) is -0.0768. The number of aliphatic hydroxyl groups is 1. The zero-order valence-corrected chi connectivity index (χ0v) is 8.47. The second kappa shape index (κ2) is 3.48. The van der Waals surface area contributed by atoms with Crippen LogP contribution in [0.25, 0.3) is 10.1 Å². The number of aromatic hydroxyl groups is 1. The highest BCUT2D eigenvalue weighted by molar-refractivity contribution is 7.21. The predicted octanol–water partition coefficient (Wildman–Crippen LogP) is 2.11. The van der Waals surface area contributed by atoms with Gasteiger partial charge in [-0.2, -0.15) is 0 Å². The molecule has 4 heteroatoms. The lowest BCUT2D eigenvalue weighted by atomic mass is 10.2. The molecule has 0 saturated heterocycles. The molecule has 0 saturated carbocycles. The first kappa shape index (κ1) is 9.30. The molecule has 14 heavy (non-hydrogen) atoms. The van der Waals surface area contributed by atoms with E-state index < -0.39 is 0 Å². The number of fused-ring (bicyclic) bond motifs is 1. The van der Waals surface area contributed by atoms with Crippen LogP contribution in [0.1, 0.15) is 5.56 Å². The maximum atomic E-state index is 9.57. The molecule has 1 heterocycles. The van der Waals surface area contributed by atoms with Crippen LogP contribution in [0.2, 0.25) is 0 Å². The Morgan fingerprint density at radius 1 is 1.43 bits per heavy atom. The normalized spacial score (nSPS) is 10.7. The number of phenols is 1. The number of hydrogen-bond donors (Lipinski definition) is 2. The lowest BCUT2D eigenvalue weighted by molar-refractivity contribution is 0.277. The molecule has 2 N–H and O–H groups in total. The van der Waals surface area contributed by atoms with Gasteiger partial charge in [0.15, 0.2) is 5.06 Å². The minimum Gasteiger partial charge on any atom is -0.506 e. The van der Waals surface area contributed by atoms with Crippen molar-refractivity contribution in [2.24, 2.45) is 0 Å². The third kappa shape index (κ3) is 1.23. The van der Waals surface area contributed by atoms with Crippen LogP contribution >= 0.6 is 11.3 Å². The minimum atomic E-state index is -0.0768. The fraction of sp³-hybridized carbons (Fsp3) is 0.200. The summed E-state index contributed by atoms with van der Waals surface area (Å²) in [6.07, 6.45) is 0. The average Bonchev–Trinajstić information content (AvgIpc) is 2.57. The molecule has 0 bridgehead atoms. The number of methoxy groups -OCH3 is 1. The van der Waals surface area contributed by atoms with Gasteiger partial charge >= 0.3 is 0 Å². The monoisotopic (exact) mass is 210 g/mol. The van der Waals surface area contributed by atoms with Gasteiger partial charge in [0.2, 0.25) is 0 Å². The Labute approximate surface area is 85.2 Å². The Morgan fingerprint density at radius 2 is 2.21 bits per heavy atom. The first-order valence-electron chi connectivity index (χ1n) is 4.16. The van der Waals surface area contributed by atoms with E-state index >= 15 is 0 Å². The largest absolute Gasteiger partial charge is 0.506 e. The smallest absolute Gasteiger partial charge is 0.180 e. The topological polar surface area (TPSA) is 49.7 Å². The van der Waals surface area contributed by atoms with Crippen LogP contribution in [-0.2, 0) is 6.61 Å².